The normalized spacial score (nSPS) is 19.1. The van der Waals surface area contributed by atoms with E-state index in [0.29, 0.717) is 11.4 Å². The van der Waals surface area contributed by atoms with E-state index >= 15 is 0 Å². The largest absolute Gasteiger partial charge is 0.354 e. The zero-order valence-electron chi connectivity index (χ0n) is 11.7. The van der Waals surface area contributed by atoms with Gasteiger partial charge in [-0.3, -0.25) is 9.59 Å². The van der Waals surface area contributed by atoms with Crippen molar-refractivity contribution in [3.63, 3.8) is 0 Å². The molecule has 1 aromatic rings. The number of hydrogen-bond acceptors (Lipinski definition) is 3. The van der Waals surface area contributed by atoms with Gasteiger partial charge in [-0.2, -0.15) is 0 Å². The molecule has 104 valence electrons. The van der Waals surface area contributed by atoms with E-state index in [9.17, 15) is 9.59 Å². The number of H-pyrrole nitrogens is 1. The first-order valence-corrected chi connectivity index (χ1v) is 6.60. The minimum absolute atomic E-state index is 0.144. The molecule has 1 aliphatic heterocycles. The Labute approximate surface area is 113 Å². The molecule has 0 saturated carbocycles. The average Bonchev–Trinajstić information content (AvgIpc) is 2.32. The number of pyridine rings is 1. The number of rotatable bonds is 2. The minimum atomic E-state index is -0.201. The molecule has 0 aliphatic carbocycles. The summed E-state index contributed by atoms with van der Waals surface area (Å²) in [5, 5.41) is 3.05. The third kappa shape index (κ3) is 3.44. The van der Waals surface area contributed by atoms with Gasteiger partial charge in [0, 0.05) is 36.5 Å². The first-order valence-electron chi connectivity index (χ1n) is 6.60. The summed E-state index contributed by atoms with van der Waals surface area (Å²) in [6, 6.07) is 2.83. The predicted octanol–water partition coefficient (Wildman–Crippen LogP) is 0.897. The van der Waals surface area contributed by atoms with Crippen molar-refractivity contribution in [2.75, 3.05) is 20.1 Å². The second-order valence-corrected chi connectivity index (χ2v) is 5.73. The van der Waals surface area contributed by atoms with Gasteiger partial charge in [0.25, 0.3) is 5.91 Å². The van der Waals surface area contributed by atoms with Crippen molar-refractivity contribution < 1.29 is 4.79 Å². The fourth-order valence-electron chi connectivity index (χ4n) is 2.38. The highest BCUT2D eigenvalue weighted by Crippen LogP contribution is 2.21. The van der Waals surface area contributed by atoms with Crippen LogP contribution in [0.3, 0.4) is 0 Å². The van der Waals surface area contributed by atoms with Crippen LogP contribution >= 0.6 is 0 Å². The van der Waals surface area contributed by atoms with Crippen LogP contribution in [0.5, 0.6) is 0 Å². The number of aromatic amines is 1. The number of hydrogen-bond donors (Lipinski definition) is 2. The fraction of sp³-hybridized carbons (Fsp3) is 0.571. The average molecular weight is 263 g/mol. The highest BCUT2D eigenvalue weighted by Gasteiger charge is 2.30. The van der Waals surface area contributed by atoms with E-state index in [1.807, 2.05) is 0 Å². The molecule has 1 aliphatic rings. The Hall–Kier alpha value is -1.62. The van der Waals surface area contributed by atoms with Crippen molar-refractivity contribution in [1.82, 2.24) is 15.2 Å². The topological polar surface area (TPSA) is 65.2 Å². The minimum Gasteiger partial charge on any atom is -0.354 e. The number of aryl methyl sites for hydroxylation is 1. The van der Waals surface area contributed by atoms with Crippen molar-refractivity contribution in [3.8, 4) is 0 Å². The Morgan fingerprint density at radius 1 is 1.37 bits per heavy atom. The van der Waals surface area contributed by atoms with Gasteiger partial charge in [0.05, 0.1) is 0 Å². The molecule has 19 heavy (non-hydrogen) atoms. The maximum Gasteiger partial charge on any atom is 0.268 e. The zero-order valence-corrected chi connectivity index (χ0v) is 11.7. The molecule has 0 atom stereocenters. The van der Waals surface area contributed by atoms with Crippen molar-refractivity contribution in [2.45, 2.75) is 32.2 Å². The molecule has 0 radical (unpaired) electrons. The van der Waals surface area contributed by atoms with Crippen LogP contribution in [-0.4, -0.2) is 41.5 Å². The summed E-state index contributed by atoms with van der Waals surface area (Å²) in [5.74, 6) is -0.201. The third-order valence-corrected chi connectivity index (χ3v) is 3.73. The van der Waals surface area contributed by atoms with Crippen LogP contribution in [0, 0.1) is 6.92 Å². The van der Waals surface area contributed by atoms with E-state index in [1.54, 1.807) is 6.92 Å². The van der Waals surface area contributed by atoms with E-state index in [2.05, 4.69) is 29.2 Å². The lowest BCUT2D eigenvalue weighted by atomic mass is 9.89. The lowest BCUT2D eigenvalue weighted by molar-refractivity contribution is 0.0846. The number of piperidine rings is 1. The monoisotopic (exact) mass is 263 g/mol. The van der Waals surface area contributed by atoms with Crippen LogP contribution < -0.4 is 10.7 Å². The summed E-state index contributed by atoms with van der Waals surface area (Å²) in [7, 11) is 2.08. The molecule has 2 N–H and O–H groups in total. The molecule has 1 amide bonds. The smallest absolute Gasteiger partial charge is 0.268 e. The standard InChI is InChI=1S/C14H21N3O2/c1-10-8-11(18)9-12(15-10)13(19)16-14(2)4-6-17(3)7-5-14/h8-9H,4-7H2,1-3H3,(H,15,18)(H,16,19). The van der Waals surface area contributed by atoms with Gasteiger partial charge < -0.3 is 15.2 Å². The summed E-state index contributed by atoms with van der Waals surface area (Å²) in [4.78, 5) is 28.8. The summed E-state index contributed by atoms with van der Waals surface area (Å²) in [6.45, 7) is 5.78. The van der Waals surface area contributed by atoms with E-state index in [1.165, 1.54) is 12.1 Å². The number of amides is 1. The van der Waals surface area contributed by atoms with E-state index in [4.69, 9.17) is 0 Å². The predicted molar refractivity (Wildman–Crippen MR) is 74.4 cm³/mol. The molecule has 0 spiro atoms. The first kappa shape index (κ1) is 13.8. The summed E-state index contributed by atoms with van der Waals surface area (Å²) in [6.07, 6.45) is 1.84. The van der Waals surface area contributed by atoms with Gasteiger partial charge in [0.15, 0.2) is 5.43 Å². The van der Waals surface area contributed by atoms with Crippen molar-refractivity contribution in [3.05, 3.63) is 33.7 Å². The van der Waals surface area contributed by atoms with Crippen LogP contribution in [0.4, 0.5) is 0 Å². The zero-order chi connectivity index (χ0) is 14.0. The molecule has 0 aromatic carbocycles. The number of aromatic nitrogens is 1. The van der Waals surface area contributed by atoms with Crippen LogP contribution in [0.15, 0.2) is 16.9 Å². The summed E-state index contributed by atoms with van der Waals surface area (Å²) >= 11 is 0. The molecule has 1 aromatic heterocycles. The van der Waals surface area contributed by atoms with Crippen molar-refractivity contribution in [2.24, 2.45) is 0 Å². The second-order valence-electron chi connectivity index (χ2n) is 5.73. The maximum absolute atomic E-state index is 12.2. The molecular weight excluding hydrogens is 242 g/mol. The number of likely N-dealkylation sites (tertiary alicyclic amines) is 1. The van der Waals surface area contributed by atoms with Crippen LogP contribution in [0.1, 0.15) is 35.9 Å². The Morgan fingerprint density at radius 3 is 2.58 bits per heavy atom. The lowest BCUT2D eigenvalue weighted by Crippen LogP contribution is -2.52. The lowest BCUT2D eigenvalue weighted by Gasteiger charge is -2.38. The Bertz CT molecular complexity index is 528. The molecule has 0 bridgehead atoms. The van der Waals surface area contributed by atoms with Crippen molar-refractivity contribution in [1.29, 1.82) is 0 Å². The van der Waals surface area contributed by atoms with Gasteiger partial charge in [0.1, 0.15) is 5.69 Å². The quantitative estimate of drug-likeness (QED) is 0.833. The van der Waals surface area contributed by atoms with Gasteiger partial charge in [-0.1, -0.05) is 0 Å². The summed E-state index contributed by atoms with van der Waals surface area (Å²) < 4.78 is 0. The number of nitrogens with one attached hydrogen (secondary N) is 2. The molecule has 5 nitrogen and oxygen atoms in total. The summed E-state index contributed by atoms with van der Waals surface area (Å²) in [5.41, 5.74) is 0.704. The molecule has 2 heterocycles. The van der Waals surface area contributed by atoms with Crippen molar-refractivity contribution >= 4 is 5.91 Å². The fourth-order valence-corrected chi connectivity index (χ4v) is 2.38. The van der Waals surface area contributed by atoms with Gasteiger partial charge in [-0.25, -0.2) is 0 Å². The number of carbonyl (C=O) groups excluding carboxylic acids is 1. The van der Waals surface area contributed by atoms with Gasteiger partial charge in [0.2, 0.25) is 0 Å². The van der Waals surface area contributed by atoms with Crippen LogP contribution in [0.2, 0.25) is 0 Å². The Kier molecular flexibility index (Phi) is 3.75. The van der Waals surface area contributed by atoms with Gasteiger partial charge >= 0.3 is 0 Å². The van der Waals surface area contributed by atoms with Gasteiger partial charge in [-0.05, 0) is 33.7 Å². The van der Waals surface area contributed by atoms with Gasteiger partial charge in [-0.15, -0.1) is 0 Å². The highest BCUT2D eigenvalue weighted by molar-refractivity contribution is 5.92. The van der Waals surface area contributed by atoms with E-state index in [-0.39, 0.29) is 16.9 Å². The van der Waals surface area contributed by atoms with Crippen LogP contribution in [-0.2, 0) is 0 Å². The number of nitrogens with zero attached hydrogens (tertiary/aromatic N) is 1. The second kappa shape index (κ2) is 5.17. The molecular formula is C14H21N3O2. The van der Waals surface area contributed by atoms with E-state index in [0.717, 1.165) is 25.9 Å². The Balaban J connectivity index is 2.10. The first-order chi connectivity index (χ1) is 8.88. The Morgan fingerprint density at radius 2 is 2.00 bits per heavy atom. The SMILES string of the molecule is Cc1cc(=O)cc(C(=O)NC2(C)CCN(C)CC2)[nH]1. The highest BCUT2D eigenvalue weighted by atomic mass is 16.2. The van der Waals surface area contributed by atoms with E-state index < -0.39 is 0 Å². The maximum atomic E-state index is 12.2. The molecule has 2 rings (SSSR count). The third-order valence-electron chi connectivity index (χ3n) is 3.73. The molecule has 1 saturated heterocycles. The molecule has 1 fully saturated rings. The number of carbonyl (C=O) groups is 1. The molecule has 0 unspecified atom stereocenters. The molecule has 5 heteroatoms. The van der Waals surface area contributed by atoms with Crippen LogP contribution in [0.25, 0.3) is 0 Å².